The molecular formula is C8H4ClN3O2S. The summed E-state index contributed by atoms with van der Waals surface area (Å²) in [5.41, 5.74) is -0.528. The molecule has 0 saturated carbocycles. The van der Waals surface area contributed by atoms with E-state index in [1.165, 1.54) is 6.20 Å². The number of hydrogen-bond donors (Lipinski definition) is 0. The quantitative estimate of drug-likeness (QED) is 0.801. The molecule has 0 unspecified atom stereocenters. The number of nitrogens with zero attached hydrogens (tertiary/aromatic N) is 3. The molecule has 0 bridgehead atoms. The van der Waals surface area contributed by atoms with Gasteiger partial charge in [0.05, 0.1) is 17.9 Å². The van der Waals surface area contributed by atoms with E-state index in [1.807, 2.05) is 0 Å². The molecule has 0 radical (unpaired) electrons. The van der Waals surface area contributed by atoms with Crippen molar-refractivity contribution < 1.29 is 4.74 Å². The number of halogens is 1. The molecule has 0 amide bonds. The summed E-state index contributed by atoms with van der Waals surface area (Å²) in [4.78, 5) is 15.2. The summed E-state index contributed by atoms with van der Waals surface area (Å²) in [5, 5.41) is -0.145. The van der Waals surface area contributed by atoms with Gasteiger partial charge in [0.25, 0.3) is 11.3 Å². The van der Waals surface area contributed by atoms with Crippen LogP contribution in [0.4, 0.5) is 0 Å². The normalized spacial score (nSPS) is 9.93. The standard InChI is InChI=1S/C8H4ClN3O2S/c9-7-6(13)8(12-15-11-7)14-5-2-1-3-10-4-5/h1-4H. The summed E-state index contributed by atoms with van der Waals surface area (Å²) in [6, 6.07) is 3.35. The Hall–Kier alpha value is -1.53. The second-order valence-corrected chi connectivity index (χ2v) is 3.37. The Morgan fingerprint density at radius 3 is 3.00 bits per heavy atom. The number of aromatic nitrogens is 3. The topological polar surface area (TPSA) is 65.0 Å². The van der Waals surface area contributed by atoms with Gasteiger partial charge in [0, 0.05) is 6.20 Å². The molecule has 5 nitrogen and oxygen atoms in total. The Morgan fingerprint density at radius 2 is 2.27 bits per heavy atom. The summed E-state index contributed by atoms with van der Waals surface area (Å²) in [7, 11) is 0. The first-order chi connectivity index (χ1) is 7.27. The van der Waals surface area contributed by atoms with E-state index >= 15 is 0 Å². The van der Waals surface area contributed by atoms with Crippen molar-refractivity contribution in [2.75, 3.05) is 0 Å². The average Bonchev–Trinajstić information content (AvgIpc) is 2.26. The molecule has 0 saturated heterocycles. The van der Waals surface area contributed by atoms with Crippen LogP contribution in [0.5, 0.6) is 11.6 Å². The van der Waals surface area contributed by atoms with Gasteiger partial charge in [0.15, 0.2) is 5.15 Å². The lowest BCUT2D eigenvalue weighted by atomic mass is 10.5. The van der Waals surface area contributed by atoms with Crippen LogP contribution in [0, 0.1) is 0 Å². The molecule has 0 aliphatic rings. The van der Waals surface area contributed by atoms with Gasteiger partial charge in [-0.15, -0.1) is 4.37 Å². The van der Waals surface area contributed by atoms with Gasteiger partial charge in [0.2, 0.25) is 0 Å². The highest BCUT2D eigenvalue weighted by Gasteiger charge is 2.08. The van der Waals surface area contributed by atoms with Crippen molar-refractivity contribution in [3.63, 3.8) is 0 Å². The van der Waals surface area contributed by atoms with E-state index in [0.717, 1.165) is 11.7 Å². The Kier molecular flexibility index (Phi) is 2.89. The third-order valence-electron chi connectivity index (χ3n) is 1.48. The van der Waals surface area contributed by atoms with E-state index in [1.54, 1.807) is 18.3 Å². The molecule has 0 spiro atoms. The van der Waals surface area contributed by atoms with Crippen LogP contribution in [0.15, 0.2) is 29.3 Å². The van der Waals surface area contributed by atoms with Gasteiger partial charge in [-0.3, -0.25) is 9.78 Å². The molecule has 0 aliphatic carbocycles. The minimum absolute atomic E-state index is 0.0898. The SMILES string of the molecule is O=c1c(Cl)nsnc1Oc1cccnc1. The van der Waals surface area contributed by atoms with Crippen LogP contribution in [0.1, 0.15) is 0 Å². The summed E-state index contributed by atoms with van der Waals surface area (Å²) < 4.78 is 12.5. The molecule has 2 heterocycles. The van der Waals surface area contributed by atoms with Crippen molar-refractivity contribution in [3.05, 3.63) is 39.9 Å². The largest absolute Gasteiger partial charge is 0.433 e. The molecule has 0 aliphatic heterocycles. The third kappa shape index (κ3) is 2.28. The van der Waals surface area contributed by atoms with Crippen LogP contribution in [-0.2, 0) is 0 Å². The van der Waals surface area contributed by atoms with Crippen LogP contribution in [0.2, 0.25) is 5.15 Å². The minimum atomic E-state index is -0.528. The van der Waals surface area contributed by atoms with Gasteiger partial charge in [-0.25, -0.2) is 0 Å². The maximum Gasteiger partial charge on any atom is 0.283 e. The fourth-order valence-electron chi connectivity index (χ4n) is 0.849. The van der Waals surface area contributed by atoms with Gasteiger partial charge in [-0.2, -0.15) is 4.37 Å². The fourth-order valence-corrected chi connectivity index (χ4v) is 1.41. The molecule has 0 atom stereocenters. The highest BCUT2D eigenvalue weighted by atomic mass is 35.5. The van der Waals surface area contributed by atoms with Crippen molar-refractivity contribution in [1.29, 1.82) is 0 Å². The van der Waals surface area contributed by atoms with Crippen LogP contribution < -0.4 is 10.2 Å². The Morgan fingerprint density at radius 1 is 1.40 bits per heavy atom. The number of pyridine rings is 1. The zero-order valence-electron chi connectivity index (χ0n) is 7.25. The zero-order valence-corrected chi connectivity index (χ0v) is 8.83. The Labute approximate surface area is 93.7 Å². The van der Waals surface area contributed by atoms with Crippen molar-refractivity contribution in [3.8, 4) is 11.6 Å². The maximum absolute atomic E-state index is 11.4. The monoisotopic (exact) mass is 241 g/mol. The summed E-state index contributed by atoms with van der Waals surface area (Å²) in [5.74, 6) is 0.338. The molecule has 7 heteroatoms. The second kappa shape index (κ2) is 4.33. The molecule has 2 aromatic rings. The first kappa shape index (κ1) is 10.0. The van der Waals surface area contributed by atoms with E-state index < -0.39 is 5.43 Å². The van der Waals surface area contributed by atoms with E-state index in [9.17, 15) is 4.79 Å². The van der Waals surface area contributed by atoms with Crippen molar-refractivity contribution >= 4 is 23.3 Å². The molecule has 2 aromatic heterocycles. The lowest BCUT2D eigenvalue weighted by Gasteiger charge is -2.00. The van der Waals surface area contributed by atoms with Gasteiger partial charge in [-0.05, 0) is 12.1 Å². The molecule has 0 fully saturated rings. The molecule has 76 valence electrons. The van der Waals surface area contributed by atoms with Crippen LogP contribution in [-0.4, -0.2) is 13.7 Å². The van der Waals surface area contributed by atoms with Crippen molar-refractivity contribution in [2.24, 2.45) is 0 Å². The lowest BCUT2D eigenvalue weighted by Crippen LogP contribution is -2.07. The number of hydrogen-bond acceptors (Lipinski definition) is 6. The zero-order chi connectivity index (χ0) is 10.7. The first-order valence-corrected chi connectivity index (χ1v) is 4.98. The van der Waals surface area contributed by atoms with Crippen molar-refractivity contribution in [2.45, 2.75) is 0 Å². The second-order valence-electron chi connectivity index (χ2n) is 2.48. The van der Waals surface area contributed by atoms with E-state index in [-0.39, 0.29) is 11.0 Å². The average molecular weight is 242 g/mol. The first-order valence-electron chi connectivity index (χ1n) is 3.87. The lowest BCUT2D eigenvalue weighted by molar-refractivity contribution is 0.460. The predicted octanol–water partition coefficient (Wildman–Crippen LogP) is 1.74. The van der Waals surface area contributed by atoms with Gasteiger partial charge in [-0.1, -0.05) is 11.6 Å². The molecule has 0 aromatic carbocycles. The van der Waals surface area contributed by atoms with Crippen LogP contribution in [0.25, 0.3) is 0 Å². The van der Waals surface area contributed by atoms with Crippen molar-refractivity contribution in [1.82, 2.24) is 13.7 Å². The van der Waals surface area contributed by atoms with Gasteiger partial charge >= 0.3 is 0 Å². The van der Waals surface area contributed by atoms with Crippen LogP contribution >= 0.6 is 23.3 Å². The minimum Gasteiger partial charge on any atom is -0.433 e. The van der Waals surface area contributed by atoms with E-state index in [4.69, 9.17) is 16.3 Å². The number of rotatable bonds is 2. The number of ether oxygens (including phenoxy) is 1. The predicted molar refractivity (Wildman–Crippen MR) is 55.5 cm³/mol. The summed E-state index contributed by atoms with van der Waals surface area (Å²) in [6.45, 7) is 0. The van der Waals surface area contributed by atoms with E-state index in [0.29, 0.717) is 5.75 Å². The smallest absolute Gasteiger partial charge is 0.283 e. The Balaban J connectivity index is 2.33. The highest BCUT2D eigenvalue weighted by molar-refractivity contribution is 6.99. The van der Waals surface area contributed by atoms with Gasteiger partial charge < -0.3 is 4.74 Å². The fraction of sp³-hybridized carbons (Fsp3) is 0. The third-order valence-corrected chi connectivity index (χ3v) is 2.34. The van der Waals surface area contributed by atoms with Crippen LogP contribution in [0.3, 0.4) is 0 Å². The molecule has 15 heavy (non-hydrogen) atoms. The highest BCUT2D eigenvalue weighted by Crippen LogP contribution is 2.15. The molecular weight excluding hydrogens is 238 g/mol. The maximum atomic E-state index is 11.4. The molecule has 0 N–H and O–H groups in total. The summed E-state index contributed by atoms with van der Waals surface area (Å²) in [6.07, 6.45) is 3.07. The Bertz CT molecular complexity index is 517. The van der Waals surface area contributed by atoms with E-state index in [2.05, 4.69) is 13.7 Å². The summed E-state index contributed by atoms with van der Waals surface area (Å²) >= 11 is 6.34. The molecule has 2 rings (SSSR count). The van der Waals surface area contributed by atoms with Gasteiger partial charge in [0.1, 0.15) is 5.75 Å².